The van der Waals surface area contributed by atoms with Crippen molar-refractivity contribution in [1.29, 1.82) is 0 Å². The second-order valence-corrected chi connectivity index (χ2v) is 8.12. The lowest BCUT2D eigenvalue weighted by Crippen LogP contribution is -2.47. The van der Waals surface area contributed by atoms with Crippen molar-refractivity contribution < 1.29 is 9.59 Å². The number of carbonyl (C=O) groups excluding carboxylic acids is 2. The summed E-state index contributed by atoms with van der Waals surface area (Å²) in [6.07, 6.45) is 2.13. The number of nitrogens with one attached hydrogen (secondary N) is 1. The van der Waals surface area contributed by atoms with Crippen molar-refractivity contribution in [2.45, 2.75) is 25.2 Å². The fourth-order valence-corrected chi connectivity index (χ4v) is 5.06. The van der Waals surface area contributed by atoms with Crippen molar-refractivity contribution in [2.24, 2.45) is 11.1 Å². The van der Waals surface area contributed by atoms with Crippen LogP contribution in [-0.2, 0) is 4.79 Å². The first-order valence-electron chi connectivity index (χ1n) is 9.74. The van der Waals surface area contributed by atoms with Gasteiger partial charge in [0.15, 0.2) is 0 Å². The van der Waals surface area contributed by atoms with E-state index in [1.54, 1.807) is 12.1 Å². The molecule has 0 saturated carbocycles. The number of fused-ring (bicyclic) bond motifs is 1. The Bertz CT molecular complexity index is 1090. The summed E-state index contributed by atoms with van der Waals surface area (Å²) < 4.78 is 0. The Morgan fingerprint density at radius 1 is 0.966 bits per heavy atom. The second kappa shape index (κ2) is 6.27. The first-order valence-corrected chi connectivity index (χ1v) is 9.74. The maximum Gasteiger partial charge on any atom is 0.250 e. The van der Waals surface area contributed by atoms with Gasteiger partial charge in [0, 0.05) is 18.0 Å². The minimum absolute atomic E-state index is 0.00945. The average molecular weight is 383 g/mol. The summed E-state index contributed by atoms with van der Waals surface area (Å²) >= 11 is 0. The van der Waals surface area contributed by atoms with Crippen molar-refractivity contribution in [3.63, 3.8) is 0 Å². The molecule has 0 radical (unpaired) electrons. The Labute approximate surface area is 169 Å². The quantitative estimate of drug-likeness (QED) is 0.721. The van der Waals surface area contributed by atoms with Gasteiger partial charge in [-0.1, -0.05) is 48.5 Å². The molecular weight excluding hydrogens is 362 g/mol. The van der Waals surface area contributed by atoms with Gasteiger partial charge >= 0.3 is 0 Å². The van der Waals surface area contributed by atoms with Crippen molar-refractivity contribution in [3.05, 3.63) is 94.7 Å². The molecular formula is C24H21N3O2. The van der Waals surface area contributed by atoms with Gasteiger partial charge in [-0.15, -0.1) is 0 Å². The van der Waals surface area contributed by atoms with Gasteiger partial charge in [-0.2, -0.15) is 0 Å². The van der Waals surface area contributed by atoms with Crippen LogP contribution in [0, 0.1) is 5.41 Å². The highest BCUT2D eigenvalue weighted by atomic mass is 16.2. The highest BCUT2D eigenvalue weighted by Gasteiger charge is 2.53. The number of nitrogens with two attached hydrogens (primary N) is 1. The van der Waals surface area contributed by atoms with Crippen LogP contribution in [0.5, 0.6) is 0 Å². The Morgan fingerprint density at radius 3 is 2.07 bits per heavy atom. The largest absolute Gasteiger partial charge is 0.366 e. The predicted octanol–water partition coefficient (Wildman–Crippen LogP) is 3.81. The Kier molecular flexibility index (Phi) is 3.81. The van der Waals surface area contributed by atoms with Crippen molar-refractivity contribution >= 4 is 17.6 Å². The average Bonchev–Trinajstić information content (AvgIpc) is 2.74. The van der Waals surface area contributed by atoms with Gasteiger partial charge in [0.25, 0.3) is 0 Å². The van der Waals surface area contributed by atoms with Crippen molar-refractivity contribution in [3.8, 4) is 0 Å². The van der Waals surface area contributed by atoms with Crippen LogP contribution in [0.15, 0.2) is 66.9 Å². The van der Waals surface area contributed by atoms with Crippen LogP contribution in [0.4, 0.5) is 5.82 Å². The van der Waals surface area contributed by atoms with Gasteiger partial charge in [-0.3, -0.25) is 9.59 Å². The van der Waals surface area contributed by atoms with E-state index in [1.165, 1.54) is 28.5 Å². The van der Waals surface area contributed by atoms with E-state index in [4.69, 9.17) is 5.73 Å². The van der Waals surface area contributed by atoms with E-state index in [0.29, 0.717) is 11.4 Å². The normalized spacial score (nSPS) is 23.8. The number of aromatic nitrogens is 1. The molecule has 0 spiro atoms. The smallest absolute Gasteiger partial charge is 0.250 e. The topological polar surface area (TPSA) is 85.1 Å². The number of rotatable bonds is 3. The number of nitrogens with zero attached hydrogens (tertiary/aromatic N) is 1. The molecule has 29 heavy (non-hydrogen) atoms. The maximum absolute atomic E-state index is 13.5. The molecule has 6 rings (SSSR count). The van der Waals surface area contributed by atoms with Crippen molar-refractivity contribution in [2.75, 3.05) is 5.32 Å². The van der Waals surface area contributed by atoms with E-state index in [2.05, 4.69) is 46.7 Å². The molecule has 1 atom stereocenters. The molecule has 1 unspecified atom stereocenters. The molecule has 0 fully saturated rings. The van der Waals surface area contributed by atoms with E-state index < -0.39 is 11.3 Å². The number of primary amides is 1. The molecule has 0 aliphatic heterocycles. The summed E-state index contributed by atoms with van der Waals surface area (Å²) in [6, 6.07) is 20.1. The zero-order valence-corrected chi connectivity index (χ0v) is 16.1. The van der Waals surface area contributed by atoms with Gasteiger partial charge in [0.1, 0.15) is 5.82 Å². The van der Waals surface area contributed by atoms with E-state index in [0.717, 1.165) is 6.42 Å². The lowest BCUT2D eigenvalue weighted by molar-refractivity contribution is -0.126. The molecule has 144 valence electrons. The molecule has 0 saturated heterocycles. The molecule has 2 amide bonds. The minimum Gasteiger partial charge on any atom is -0.366 e. The fourth-order valence-electron chi connectivity index (χ4n) is 5.06. The van der Waals surface area contributed by atoms with E-state index in [-0.39, 0.29) is 17.7 Å². The third-order valence-corrected chi connectivity index (χ3v) is 6.44. The van der Waals surface area contributed by atoms with Crippen LogP contribution >= 0.6 is 0 Å². The number of amides is 2. The lowest BCUT2D eigenvalue weighted by Gasteiger charge is -2.50. The number of anilines is 1. The standard InChI is InChI=1S/C24H21N3O2/c1-24(23(29)27-20-11-10-14(13-26-20)22(25)28)12-19-15-6-2-4-8-17(15)21(24)18-9-5-3-7-16(18)19/h2-11,13,19,21H,12H2,1H3,(H2,25,28)(H,26,27,29). The molecule has 5 heteroatoms. The number of carbonyl (C=O) groups is 2. The molecule has 5 nitrogen and oxygen atoms in total. The highest BCUT2D eigenvalue weighted by Crippen LogP contribution is 2.61. The highest BCUT2D eigenvalue weighted by molar-refractivity contribution is 5.97. The van der Waals surface area contributed by atoms with Crippen LogP contribution < -0.4 is 11.1 Å². The Morgan fingerprint density at radius 2 is 1.55 bits per heavy atom. The molecule has 3 aromatic rings. The predicted molar refractivity (Wildman–Crippen MR) is 111 cm³/mol. The SMILES string of the molecule is CC1(C(=O)Nc2ccc(C(N)=O)cn2)CC2c3ccccc3C1c1ccccc12. The van der Waals surface area contributed by atoms with Gasteiger partial charge < -0.3 is 11.1 Å². The number of hydrogen-bond acceptors (Lipinski definition) is 3. The summed E-state index contributed by atoms with van der Waals surface area (Å²) in [6.45, 7) is 2.05. The van der Waals surface area contributed by atoms with E-state index in [9.17, 15) is 9.59 Å². The zero-order valence-electron chi connectivity index (χ0n) is 16.1. The fraction of sp³-hybridized carbons (Fsp3) is 0.208. The number of benzene rings is 2. The number of pyridine rings is 1. The molecule has 3 aliphatic carbocycles. The van der Waals surface area contributed by atoms with Gasteiger partial charge in [0.2, 0.25) is 11.8 Å². The summed E-state index contributed by atoms with van der Waals surface area (Å²) in [5.74, 6) is 0.0124. The minimum atomic E-state index is -0.600. The van der Waals surface area contributed by atoms with Crippen LogP contribution in [0.1, 0.15) is 57.8 Å². The van der Waals surface area contributed by atoms with Gasteiger partial charge in [0.05, 0.1) is 11.0 Å². The first-order chi connectivity index (χ1) is 14.0. The Balaban J connectivity index is 1.54. The molecule has 1 heterocycles. The number of hydrogen-bond donors (Lipinski definition) is 2. The zero-order chi connectivity index (χ0) is 20.2. The monoisotopic (exact) mass is 383 g/mol. The summed E-state index contributed by atoms with van der Waals surface area (Å²) in [5, 5.41) is 2.96. The van der Waals surface area contributed by atoms with Crippen LogP contribution in [0.3, 0.4) is 0 Å². The summed E-state index contributed by atoms with van der Waals surface area (Å²) in [7, 11) is 0. The lowest BCUT2D eigenvalue weighted by atomic mass is 9.52. The summed E-state index contributed by atoms with van der Waals surface area (Å²) in [4.78, 5) is 28.9. The van der Waals surface area contributed by atoms with E-state index >= 15 is 0 Å². The third kappa shape index (κ3) is 2.58. The second-order valence-electron chi connectivity index (χ2n) is 8.12. The molecule has 2 aromatic carbocycles. The van der Waals surface area contributed by atoms with Crippen LogP contribution in [0.2, 0.25) is 0 Å². The molecule has 3 aliphatic rings. The first kappa shape index (κ1) is 17.6. The van der Waals surface area contributed by atoms with Gasteiger partial charge in [-0.05, 0) is 47.7 Å². The van der Waals surface area contributed by atoms with Crippen LogP contribution in [0.25, 0.3) is 0 Å². The van der Waals surface area contributed by atoms with Crippen molar-refractivity contribution in [1.82, 2.24) is 4.98 Å². The third-order valence-electron chi connectivity index (χ3n) is 6.44. The molecule has 3 N–H and O–H groups in total. The molecule has 1 aromatic heterocycles. The maximum atomic E-state index is 13.5. The van der Waals surface area contributed by atoms with Gasteiger partial charge in [-0.25, -0.2) is 4.98 Å². The molecule has 2 bridgehead atoms. The van der Waals surface area contributed by atoms with Crippen LogP contribution in [-0.4, -0.2) is 16.8 Å². The van der Waals surface area contributed by atoms with E-state index in [1.807, 2.05) is 19.1 Å². The Hall–Kier alpha value is -3.47. The summed E-state index contributed by atoms with van der Waals surface area (Å²) in [5.41, 5.74) is 10.1.